The van der Waals surface area contributed by atoms with Crippen molar-refractivity contribution in [3.05, 3.63) is 9.67 Å². The van der Waals surface area contributed by atoms with Gasteiger partial charge in [0.1, 0.15) is 6.54 Å². The fourth-order valence-electron chi connectivity index (χ4n) is 1.06. The summed E-state index contributed by atoms with van der Waals surface area (Å²) in [7, 11) is 0. The number of nitrogens with two attached hydrogens (primary N) is 1. The van der Waals surface area contributed by atoms with Gasteiger partial charge < -0.3 is 11.1 Å². The third-order valence-corrected chi connectivity index (χ3v) is 2.53. The van der Waals surface area contributed by atoms with E-state index in [-0.39, 0.29) is 22.5 Å². The van der Waals surface area contributed by atoms with E-state index in [2.05, 4.69) is 10.4 Å². The molecule has 6 nitrogen and oxygen atoms in total. The zero-order valence-corrected chi connectivity index (χ0v) is 8.21. The molecular formula is C7H10N4O2S. The molecule has 0 radical (unpaired) electrons. The third kappa shape index (κ3) is 2.11. The smallest absolute Gasteiger partial charge is 0.327 e. The van der Waals surface area contributed by atoms with Crippen LogP contribution in [0.25, 0.3) is 0 Å². The van der Waals surface area contributed by atoms with Crippen molar-refractivity contribution in [1.82, 2.24) is 15.1 Å². The van der Waals surface area contributed by atoms with Crippen LogP contribution in [0.5, 0.6) is 0 Å². The van der Waals surface area contributed by atoms with Gasteiger partial charge in [-0.15, -0.1) is 5.10 Å². The molecule has 7 heteroatoms. The first-order chi connectivity index (χ1) is 6.65. The van der Waals surface area contributed by atoms with Gasteiger partial charge in [0, 0.05) is 6.04 Å². The number of anilines is 1. The van der Waals surface area contributed by atoms with Crippen molar-refractivity contribution in [2.45, 2.75) is 25.4 Å². The molecule has 0 saturated heterocycles. The Morgan fingerprint density at radius 1 is 1.71 bits per heavy atom. The molecule has 1 aromatic rings. The molecule has 2 rings (SSSR count). The summed E-state index contributed by atoms with van der Waals surface area (Å²) >= 11 is 0.840. The Kier molecular flexibility index (Phi) is 2.24. The van der Waals surface area contributed by atoms with Crippen LogP contribution in [0.3, 0.4) is 0 Å². The summed E-state index contributed by atoms with van der Waals surface area (Å²) in [5.41, 5.74) is 5.32. The number of carbonyl (C=O) groups excluding carboxylic acids is 1. The lowest BCUT2D eigenvalue weighted by atomic mass is 10.5. The number of hydrogen-bond acceptors (Lipinski definition) is 5. The third-order valence-electron chi connectivity index (χ3n) is 1.86. The van der Waals surface area contributed by atoms with Gasteiger partial charge in [0.25, 0.3) is 0 Å². The number of amides is 1. The molecule has 1 fully saturated rings. The summed E-state index contributed by atoms with van der Waals surface area (Å²) in [6.07, 6.45) is 2.06. The summed E-state index contributed by atoms with van der Waals surface area (Å²) < 4.78 is 1.08. The van der Waals surface area contributed by atoms with Gasteiger partial charge in [0.05, 0.1) is 0 Å². The molecule has 1 aliphatic carbocycles. The number of carbonyl (C=O) groups is 1. The maximum absolute atomic E-state index is 11.3. The number of aromatic nitrogens is 2. The van der Waals surface area contributed by atoms with E-state index in [0.717, 1.165) is 28.9 Å². The lowest BCUT2D eigenvalue weighted by Crippen LogP contribution is -2.32. The average molecular weight is 214 g/mol. The van der Waals surface area contributed by atoms with Gasteiger partial charge in [-0.25, -0.2) is 4.68 Å². The Labute approximate surface area is 83.7 Å². The predicted octanol–water partition coefficient (Wildman–Crippen LogP) is -0.834. The van der Waals surface area contributed by atoms with Crippen LogP contribution >= 0.6 is 11.3 Å². The van der Waals surface area contributed by atoms with Crippen molar-refractivity contribution in [3.8, 4) is 0 Å². The fourth-order valence-corrected chi connectivity index (χ4v) is 1.59. The van der Waals surface area contributed by atoms with Gasteiger partial charge in [0.2, 0.25) is 11.0 Å². The van der Waals surface area contributed by atoms with E-state index in [0.29, 0.717) is 6.04 Å². The van der Waals surface area contributed by atoms with Gasteiger partial charge in [-0.05, 0) is 24.2 Å². The molecule has 1 aliphatic rings. The summed E-state index contributed by atoms with van der Waals surface area (Å²) in [6, 6.07) is 0.300. The normalized spacial score (nSPS) is 15.4. The summed E-state index contributed by atoms with van der Waals surface area (Å²) in [4.78, 5) is 22.1. The molecule has 14 heavy (non-hydrogen) atoms. The van der Waals surface area contributed by atoms with Gasteiger partial charge in [0.15, 0.2) is 0 Å². The van der Waals surface area contributed by atoms with Crippen LogP contribution in [0.2, 0.25) is 0 Å². The Bertz CT molecular complexity index is 406. The summed E-state index contributed by atoms with van der Waals surface area (Å²) in [5, 5.41) is 6.67. The summed E-state index contributed by atoms with van der Waals surface area (Å²) in [6.45, 7) is -0.0387. The number of hydrogen-bond donors (Lipinski definition) is 2. The minimum Gasteiger partial charge on any atom is -0.374 e. The Hall–Kier alpha value is -1.37. The van der Waals surface area contributed by atoms with E-state index in [9.17, 15) is 9.59 Å². The number of nitrogens with zero attached hydrogens (tertiary/aromatic N) is 2. The molecule has 76 valence electrons. The zero-order chi connectivity index (χ0) is 10.1. The first kappa shape index (κ1) is 9.20. The molecule has 0 atom stereocenters. The predicted molar refractivity (Wildman–Crippen MR) is 52.0 cm³/mol. The van der Waals surface area contributed by atoms with Crippen molar-refractivity contribution in [2.75, 3.05) is 5.73 Å². The molecule has 1 amide bonds. The van der Waals surface area contributed by atoms with E-state index in [4.69, 9.17) is 5.73 Å². The first-order valence-corrected chi connectivity index (χ1v) is 5.09. The van der Waals surface area contributed by atoms with E-state index < -0.39 is 0 Å². The minimum absolute atomic E-state index is 0.0387. The molecule has 0 bridgehead atoms. The van der Waals surface area contributed by atoms with Crippen LogP contribution in [-0.4, -0.2) is 21.7 Å². The van der Waals surface area contributed by atoms with E-state index in [1.807, 2.05) is 0 Å². The average Bonchev–Trinajstić information content (AvgIpc) is 2.81. The largest absolute Gasteiger partial charge is 0.374 e. The Morgan fingerprint density at radius 2 is 2.43 bits per heavy atom. The van der Waals surface area contributed by atoms with Gasteiger partial charge in [-0.3, -0.25) is 9.59 Å². The van der Waals surface area contributed by atoms with E-state index >= 15 is 0 Å². The second-order valence-corrected chi connectivity index (χ2v) is 4.18. The highest BCUT2D eigenvalue weighted by Crippen LogP contribution is 2.18. The van der Waals surface area contributed by atoms with Crippen molar-refractivity contribution in [1.29, 1.82) is 0 Å². The second kappa shape index (κ2) is 3.41. The molecular weight excluding hydrogens is 204 g/mol. The van der Waals surface area contributed by atoms with Crippen LogP contribution < -0.4 is 15.9 Å². The lowest BCUT2D eigenvalue weighted by Gasteiger charge is -2.01. The van der Waals surface area contributed by atoms with Crippen LogP contribution in [-0.2, 0) is 11.3 Å². The van der Waals surface area contributed by atoms with Crippen LogP contribution in [0.15, 0.2) is 4.79 Å². The van der Waals surface area contributed by atoms with Crippen molar-refractivity contribution in [2.24, 2.45) is 0 Å². The number of nitrogens with one attached hydrogen (secondary N) is 1. The molecule has 1 aromatic heterocycles. The highest BCUT2D eigenvalue weighted by Gasteiger charge is 2.23. The van der Waals surface area contributed by atoms with Crippen molar-refractivity contribution >= 4 is 22.4 Å². The van der Waals surface area contributed by atoms with Crippen molar-refractivity contribution in [3.63, 3.8) is 0 Å². The van der Waals surface area contributed by atoms with Crippen LogP contribution in [0, 0.1) is 0 Å². The highest BCUT2D eigenvalue weighted by molar-refractivity contribution is 7.12. The van der Waals surface area contributed by atoms with E-state index in [1.54, 1.807) is 0 Å². The molecule has 0 unspecified atom stereocenters. The van der Waals surface area contributed by atoms with Gasteiger partial charge >= 0.3 is 4.87 Å². The molecule has 0 spiro atoms. The topological polar surface area (TPSA) is 90.0 Å². The van der Waals surface area contributed by atoms with Crippen LogP contribution in [0.4, 0.5) is 5.13 Å². The fraction of sp³-hybridized carbons (Fsp3) is 0.571. The zero-order valence-electron chi connectivity index (χ0n) is 7.40. The molecule has 1 saturated carbocycles. The number of rotatable bonds is 3. The Morgan fingerprint density at radius 3 is 2.93 bits per heavy atom. The molecule has 0 aromatic carbocycles. The quantitative estimate of drug-likeness (QED) is 0.687. The van der Waals surface area contributed by atoms with E-state index in [1.165, 1.54) is 0 Å². The lowest BCUT2D eigenvalue weighted by molar-refractivity contribution is -0.122. The second-order valence-electron chi connectivity index (χ2n) is 3.21. The van der Waals surface area contributed by atoms with Crippen molar-refractivity contribution < 1.29 is 4.79 Å². The Balaban J connectivity index is 1.98. The standard InChI is InChI=1S/C7H10N4O2S/c8-6-10-11(7(13)14-6)3-5(12)9-4-1-2-4/h4H,1-3H2,(H2,8,10)(H,9,12). The van der Waals surface area contributed by atoms with Gasteiger partial charge in [-0.2, -0.15) is 0 Å². The molecule has 0 aliphatic heterocycles. The maximum Gasteiger partial charge on any atom is 0.327 e. The first-order valence-electron chi connectivity index (χ1n) is 4.28. The van der Waals surface area contributed by atoms with Gasteiger partial charge in [-0.1, -0.05) is 0 Å². The summed E-state index contributed by atoms with van der Waals surface area (Å²) in [5.74, 6) is -0.181. The maximum atomic E-state index is 11.3. The number of nitrogen functional groups attached to an aromatic ring is 1. The van der Waals surface area contributed by atoms with Crippen LogP contribution in [0.1, 0.15) is 12.8 Å². The molecule has 3 N–H and O–H groups in total. The monoisotopic (exact) mass is 214 g/mol. The highest BCUT2D eigenvalue weighted by atomic mass is 32.1. The SMILES string of the molecule is Nc1nn(CC(=O)NC2CC2)c(=O)s1. The minimum atomic E-state index is -0.298. The molecule has 1 heterocycles.